The Hall–Kier alpha value is -0.810. The van der Waals surface area contributed by atoms with Gasteiger partial charge in [-0.1, -0.05) is 12.8 Å². The van der Waals surface area contributed by atoms with E-state index in [0.717, 1.165) is 51.7 Å². The maximum absolute atomic E-state index is 12.0. The van der Waals surface area contributed by atoms with Crippen LogP contribution in [-0.4, -0.2) is 66.3 Å². The second-order valence-corrected chi connectivity index (χ2v) is 6.22. The predicted molar refractivity (Wildman–Crippen MR) is 79.7 cm³/mol. The lowest BCUT2D eigenvalue weighted by molar-refractivity contribution is 0.0409. The van der Waals surface area contributed by atoms with Gasteiger partial charge in [-0.15, -0.1) is 0 Å². The van der Waals surface area contributed by atoms with Crippen LogP contribution < -0.4 is 5.32 Å². The number of hydrogen-bond donors (Lipinski definition) is 2. The largest absolute Gasteiger partial charge is 0.395 e. The summed E-state index contributed by atoms with van der Waals surface area (Å²) in [5.41, 5.74) is 0. The van der Waals surface area contributed by atoms with Crippen molar-refractivity contribution in [3.05, 3.63) is 0 Å². The standard InChI is InChI=1S/C15H29N3O2/c1-17(15(20)16-13-6-2-3-7-13)9-4-5-10-18-11-8-14(18)12-19/h13-14,19H,2-12H2,1H3,(H,16,20)/t14-/m0/s1. The number of aliphatic hydroxyl groups excluding tert-OH is 1. The van der Waals surface area contributed by atoms with Gasteiger partial charge < -0.3 is 15.3 Å². The van der Waals surface area contributed by atoms with Gasteiger partial charge in [0, 0.05) is 32.2 Å². The first kappa shape index (κ1) is 15.6. The number of carbonyl (C=O) groups excluding carboxylic acids is 1. The molecule has 0 aromatic heterocycles. The fraction of sp³-hybridized carbons (Fsp3) is 0.933. The van der Waals surface area contributed by atoms with Crippen LogP contribution in [0, 0.1) is 0 Å². The molecule has 20 heavy (non-hydrogen) atoms. The van der Waals surface area contributed by atoms with E-state index in [9.17, 15) is 4.79 Å². The molecule has 5 heteroatoms. The summed E-state index contributed by atoms with van der Waals surface area (Å²) in [6, 6.07) is 0.865. The Bertz CT molecular complexity index is 303. The minimum absolute atomic E-state index is 0.0779. The van der Waals surface area contributed by atoms with Crippen LogP contribution in [0.4, 0.5) is 4.79 Å². The molecular weight excluding hydrogens is 254 g/mol. The topological polar surface area (TPSA) is 55.8 Å². The van der Waals surface area contributed by atoms with Gasteiger partial charge in [-0.25, -0.2) is 4.79 Å². The third-order valence-corrected chi connectivity index (χ3v) is 4.70. The molecule has 1 heterocycles. The van der Waals surface area contributed by atoms with E-state index in [0.29, 0.717) is 12.1 Å². The van der Waals surface area contributed by atoms with E-state index in [1.54, 1.807) is 4.90 Å². The monoisotopic (exact) mass is 283 g/mol. The molecule has 1 saturated heterocycles. The fourth-order valence-electron chi connectivity index (χ4n) is 3.12. The van der Waals surface area contributed by atoms with Crippen LogP contribution in [0.25, 0.3) is 0 Å². The summed E-state index contributed by atoms with van der Waals surface area (Å²) in [7, 11) is 1.88. The maximum Gasteiger partial charge on any atom is 0.317 e. The van der Waals surface area contributed by atoms with Crippen LogP contribution in [0.3, 0.4) is 0 Å². The quantitative estimate of drug-likeness (QED) is 0.695. The van der Waals surface area contributed by atoms with E-state index in [1.165, 1.54) is 12.8 Å². The summed E-state index contributed by atoms with van der Waals surface area (Å²) in [6.07, 6.45) is 8.02. The summed E-state index contributed by atoms with van der Waals surface area (Å²) in [6.45, 7) is 3.26. The zero-order chi connectivity index (χ0) is 14.4. The van der Waals surface area contributed by atoms with Crippen molar-refractivity contribution >= 4 is 6.03 Å². The third kappa shape index (κ3) is 4.35. The molecule has 0 spiro atoms. The van der Waals surface area contributed by atoms with Crippen molar-refractivity contribution in [2.45, 2.75) is 57.0 Å². The molecule has 5 nitrogen and oxygen atoms in total. The Labute approximate surface area is 122 Å². The van der Waals surface area contributed by atoms with Crippen molar-refractivity contribution in [1.82, 2.24) is 15.1 Å². The fourth-order valence-corrected chi connectivity index (χ4v) is 3.12. The molecule has 2 aliphatic rings. The first-order valence-electron chi connectivity index (χ1n) is 8.07. The van der Waals surface area contributed by atoms with Crippen LogP contribution in [0.2, 0.25) is 0 Å². The van der Waals surface area contributed by atoms with Crippen LogP contribution in [0.1, 0.15) is 44.9 Å². The minimum atomic E-state index is 0.0779. The molecule has 2 amide bonds. The first-order valence-corrected chi connectivity index (χ1v) is 8.07. The highest BCUT2D eigenvalue weighted by Crippen LogP contribution is 2.18. The minimum Gasteiger partial charge on any atom is -0.395 e. The number of amides is 2. The summed E-state index contributed by atoms with van der Waals surface area (Å²) in [4.78, 5) is 16.1. The molecule has 116 valence electrons. The number of nitrogens with one attached hydrogen (secondary N) is 1. The highest BCUT2D eigenvalue weighted by atomic mass is 16.3. The summed E-state index contributed by atoms with van der Waals surface area (Å²) >= 11 is 0. The highest BCUT2D eigenvalue weighted by Gasteiger charge is 2.26. The summed E-state index contributed by atoms with van der Waals surface area (Å²) < 4.78 is 0. The third-order valence-electron chi connectivity index (χ3n) is 4.70. The first-order chi connectivity index (χ1) is 9.70. The van der Waals surface area contributed by atoms with Crippen LogP contribution >= 0.6 is 0 Å². The van der Waals surface area contributed by atoms with Gasteiger partial charge in [0.1, 0.15) is 0 Å². The smallest absolute Gasteiger partial charge is 0.317 e. The van der Waals surface area contributed by atoms with Crippen LogP contribution in [-0.2, 0) is 0 Å². The Balaban J connectivity index is 1.53. The Morgan fingerprint density at radius 3 is 2.65 bits per heavy atom. The molecule has 2 fully saturated rings. The van der Waals surface area contributed by atoms with Gasteiger partial charge in [0.25, 0.3) is 0 Å². The van der Waals surface area contributed by atoms with E-state index in [2.05, 4.69) is 10.2 Å². The Morgan fingerprint density at radius 2 is 2.05 bits per heavy atom. The molecule has 1 atom stereocenters. The van der Waals surface area contributed by atoms with E-state index >= 15 is 0 Å². The van der Waals surface area contributed by atoms with Crippen molar-refractivity contribution in [3.63, 3.8) is 0 Å². The molecule has 1 aliphatic heterocycles. The van der Waals surface area contributed by atoms with Crippen LogP contribution in [0.15, 0.2) is 0 Å². The van der Waals surface area contributed by atoms with Gasteiger partial charge in [0.15, 0.2) is 0 Å². The van der Waals surface area contributed by atoms with Crippen molar-refractivity contribution in [2.24, 2.45) is 0 Å². The predicted octanol–water partition coefficient (Wildman–Crippen LogP) is 1.42. The van der Waals surface area contributed by atoms with E-state index in [-0.39, 0.29) is 12.6 Å². The zero-order valence-electron chi connectivity index (χ0n) is 12.7. The average molecular weight is 283 g/mol. The SMILES string of the molecule is CN(CCCCN1CC[C@H]1CO)C(=O)NC1CCCC1. The van der Waals surface area contributed by atoms with E-state index < -0.39 is 0 Å². The molecule has 0 aromatic carbocycles. The normalized spacial score (nSPS) is 23.6. The number of carbonyl (C=O) groups is 1. The van der Waals surface area contributed by atoms with Crippen molar-refractivity contribution in [3.8, 4) is 0 Å². The molecule has 0 bridgehead atoms. The lowest BCUT2D eigenvalue weighted by Gasteiger charge is -2.40. The highest BCUT2D eigenvalue weighted by molar-refractivity contribution is 5.74. The molecule has 2 rings (SSSR count). The van der Waals surface area contributed by atoms with Crippen molar-refractivity contribution in [2.75, 3.05) is 33.3 Å². The molecular formula is C15H29N3O2. The summed E-state index contributed by atoms with van der Waals surface area (Å²) in [5.74, 6) is 0. The van der Waals surface area contributed by atoms with Crippen molar-refractivity contribution in [1.29, 1.82) is 0 Å². The van der Waals surface area contributed by atoms with Gasteiger partial charge in [-0.2, -0.15) is 0 Å². The second-order valence-electron chi connectivity index (χ2n) is 6.22. The maximum atomic E-state index is 12.0. The number of unbranched alkanes of at least 4 members (excludes halogenated alkanes) is 1. The second kappa shape index (κ2) is 7.84. The molecule has 2 N–H and O–H groups in total. The Morgan fingerprint density at radius 1 is 1.30 bits per heavy atom. The van der Waals surface area contributed by atoms with Gasteiger partial charge in [0.2, 0.25) is 0 Å². The average Bonchev–Trinajstić information content (AvgIpc) is 2.90. The zero-order valence-corrected chi connectivity index (χ0v) is 12.7. The number of likely N-dealkylation sites (tertiary alicyclic amines) is 1. The van der Waals surface area contributed by atoms with Gasteiger partial charge >= 0.3 is 6.03 Å². The molecule has 1 saturated carbocycles. The van der Waals surface area contributed by atoms with E-state index in [1.807, 2.05) is 7.05 Å². The van der Waals surface area contributed by atoms with Gasteiger partial charge in [-0.3, -0.25) is 4.90 Å². The Kier molecular flexibility index (Phi) is 6.10. The van der Waals surface area contributed by atoms with E-state index in [4.69, 9.17) is 5.11 Å². The molecule has 0 aromatic rings. The van der Waals surface area contributed by atoms with Gasteiger partial charge in [0.05, 0.1) is 6.61 Å². The number of rotatable bonds is 7. The summed E-state index contributed by atoms with van der Waals surface area (Å²) in [5, 5.41) is 12.2. The lowest BCUT2D eigenvalue weighted by atomic mass is 10.0. The molecule has 0 radical (unpaired) electrons. The van der Waals surface area contributed by atoms with Crippen LogP contribution in [0.5, 0.6) is 0 Å². The van der Waals surface area contributed by atoms with Crippen molar-refractivity contribution < 1.29 is 9.90 Å². The number of urea groups is 1. The number of aliphatic hydroxyl groups is 1. The number of hydrogen-bond acceptors (Lipinski definition) is 3. The molecule has 1 aliphatic carbocycles. The molecule has 0 unspecified atom stereocenters. The lowest BCUT2D eigenvalue weighted by Crippen LogP contribution is -2.50. The number of nitrogens with zero attached hydrogens (tertiary/aromatic N) is 2. The van der Waals surface area contributed by atoms with Gasteiger partial charge in [-0.05, 0) is 38.6 Å².